The van der Waals surface area contributed by atoms with Crippen molar-refractivity contribution in [2.75, 3.05) is 5.73 Å². The first-order valence-corrected chi connectivity index (χ1v) is 5.82. The maximum absolute atomic E-state index is 5.40. The van der Waals surface area contributed by atoms with Gasteiger partial charge < -0.3 is 5.73 Å². The molecule has 0 atom stereocenters. The molecule has 14 heavy (non-hydrogen) atoms. The van der Waals surface area contributed by atoms with Gasteiger partial charge in [0, 0.05) is 11.1 Å². The highest BCUT2D eigenvalue weighted by Gasteiger charge is 2.03. The summed E-state index contributed by atoms with van der Waals surface area (Å²) in [7, 11) is 0. The third-order valence-corrected chi connectivity index (χ3v) is 3.48. The number of thioether (sulfide) groups is 1. The molecule has 3 N–H and O–H groups in total. The molecular weight excluding hydrogens is 218 g/mol. The van der Waals surface area contributed by atoms with E-state index in [9.17, 15) is 0 Å². The van der Waals surface area contributed by atoms with Gasteiger partial charge in [0.15, 0.2) is 0 Å². The fourth-order valence-electron chi connectivity index (χ4n) is 0.918. The number of nitrogen functional groups attached to an aromatic ring is 1. The third-order valence-electron chi connectivity index (χ3n) is 1.47. The van der Waals surface area contributed by atoms with Crippen LogP contribution < -0.4 is 5.73 Å². The maximum Gasteiger partial charge on any atom is 0.216 e. The van der Waals surface area contributed by atoms with Crippen molar-refractivity contribution in [3.63, 3.8) is 0 Å². The number of aromatic amines is 1. The SMILES string of the molecule is Cc1csc(CSc2n[nH]c(N)n2)n1. The largest absolute Gasteiger partial charge is 0.368 e. The monoisotopic (exact) mass is 227 g/mol. The Hall–Kier alpha value is -1.08. The molecule has 0 unspecified atom stereocenters. The van der Waals surface area contributed by atoms with Gasteiger partial charge >= 0.3 is 0 Å². The standard InChI is InChI=1S/C7H9N5S2/c1-4-2-13-5(9-4)3-14-7-10-6(8)11-12-7/h2H,3H2,1H3,(H3,8,10,11,12). The van der Waals surface area contributed by atoms with Crippen molar-refractivity contribution in [2.24, 2.45) is 0 Å². The Kier molecular flexibility index (Phi) is 2.69. The summed E-state index contributed by atoms with van der Waals surface area (Å²) in [5.74, 6) is 1.14. The zero-order valence-electron chi connectivity index (χ0n) is 7.52. The molecule has 74 valence electrons. The molecule has 2 aromatic rings. The van der Waals surface area contributed by atoms with Crippen LogP contribution in [0.1, 0.15) is 10.7 Å². The Bertz CT molecular complexity index is 381. The molecule has 2 rings (SSSR count). The molecular formula is C7H9N5S2. The number of hydrogen-bond donors (Lipinski definition) is 2. The lowest BCUT2D eigenvalue weighted by Crippen LogP contribution is -1.85. The summed E-state index contributed by atoms with van der Waals surface area (Å²) in [6, 6.07) is 0. The number of H-pyrrole nitrogens is 1. The van der Waals surface area contributed by atoms with Crippen molar-refractivity contribution >= 4 is 29.0 Å². The van der Waals surface area contributed by atoms with Gasteiger partial charge in [0.05, 0.1) is 5.75 Å². The highest BCUT2D eigenvalue weighted by molar-refractivity contribution is 7.98. The number of rotatable bonds is 3. The van der Waals surface area contributed by atoms with Gasteiger partial charge in [-0.3, -0.25) is 0 Å². The molecule has 5 nitrogen and oxygen atoms in total. The van der Waals surface area contributed by atoms with E-state index < -0.39 is 0 Å². The van der Waals surface area contributed by atoms with Crippen LogP contribution in [0.15, 0.2) is 10.5 Å². The van der Waals surface area contributed by atoms with Gasteiger partial charge in [0.1, 0.15) is 5.01 Å². The number of aryl methyl sites for hydroxylation is 1. The molecule has 0 bridgehead atoms. The van der Waals surface area contributed by atoms with Crippen molar-refractivity contribution < 1.29 is 0 Å². The van der Waals surface area contributed by atoms with E-state index in [4.69, 9.17) is 5.73 Å². The third kappa shape index (κ3) is 2.24. The molecule has 2 aromatic heterocycles. The van der Waals surface area contributed by atoms with E-state index in [-0.39, 0.29) is 0 Å². The highest BCUT2D eigenvalue weighted by atomic mass is 32.2. The molecule has 2 heterocycles. The second kappa shape index (κ2) is 3.97. The minimum Gasteiger partial charge on any atom is -0.368 e. The Morgan fingerprint density at radius 1 is 1.57 bits per heavy atom. The van der Waals surface area contributed by atoms with Crippen molar-refractivity contribution in [3.05, 3.63) is 16.1 Å². The summed E-state index contributed by atoms with van der Waals surface area (Å²) in [5, 5.41) is 10.3. The molecule has 0 aliphatic heterocycles. The minimum absolute atomic E-state index is 0.350. The average molecular weight is 227 g/mol. The van der Waals surface area contributed by atoms with Crippen LogP contribution in [0.25, 0.3) is 0 Å². The fourth-order valence-corrected chi connectivity index (χ4v) is 2.51. The number of nitrogens with two attached hydrogens (primary N) is 1. The van der Waals surface area contributed by atoms with E-state index in [2.05, 4.69) is 20.2 Å². The van der Waals surface area contributed by atoms with Gasteiger partial charge in [0.25, 0.3) is 0 Å². The number of nitrogens with zero attached hydrogens (tertiary/aromatic N) is 3. The van der Waals surface area contributed by atoms with Crippen LogP contribution in [-0.4, -0.2) is 20.2 Å². The highest BCUT2D eigenvalue weighted by Crippen LogP contribution is 2.21. The smallest absolute Gasteiger partial charge is 0.216 e. The minimum atomic E-state index is 0.350. The zero-order chi connectivity index (χ0) is 9.97. The van der Waals surface area contributed by atoms with Gasteiger partial charge in [-0.05, 0) is 6.92 Å². The molecule has 0 radical (unpaired) electrons. The number of aromatic nitrogens is 4. The van der Waals surface area contributed by atoms with Crippen LogP contribution >= 0.6 is 23.1 Å². The second-order valence-corrected chi connectivity index (χ2v) is 4.56. The summed E-state index contributed by atoms with van der Waals surface area (Å²) >= 11 is 3.17. The first kappa shape index (κ1) is 9.47. The first-order valence-electron chi connectivity index (χ1n) is 3.96. The number of hydrogen-bond acceptors (Lipinski definition) is 6. The maximum atomic E-state index is 5.40. The molecule has 0 aliphatic rings. The molecule has 0 saturated carbocycles. The van der Waals surface area contributed by atoms with E-state index in [1.807, 2.05) is 12.3 Å². The van der Waals surface area contributed by atoms with Crippen LogP contribution in [0.3, 0.4) is 0 Å². The quantitative estimate of drug-likeness (QED) is 0.776. The van der Waals surface area contributed by atoms with Crippen LogP contribution in [0, 0.1) is 6.92 Å². The first-order chi connectivity index (χ1) is 6.74. The fraction of sp³-hybridized carbons (Fsp3) is 0.286. The summed E-state index contributed by atoms with van der Waals surface area (Å²) in [6.07, 6.45) is 0. The van der Waals surface area contributed by atoms with Gasteiger partial charge in [-0.15, -0.1) is 16.4 Å². The summed E-state index contributed by atoms with van der Waals surface area (Å²) in [6.45, 7) is 1.98. The normalized spacial score (nSPS) is 10.6. The van der Waals surface area contributed by atoms with Gasteiger partial charge in [-0.25, -0.2) is 10.1 Å². The molecule has 0 aliphatic carbocycles. The van der Waals surface area contributed by atoms with Gasteiger partial charge in [0.2, 0.25) is 11.1 Å². The predicted molar refractivity (Wildman–Crippen MR) is 57.2 cm³/mol. The summed E-state index contributed by atoms with van der Waals surface area (Å²) in [5.41, 5.74) is 6.45. The number of nitrogens with one attached hydrogen (secondary N) is 1. The average Bonchev–Trinajstić information content (AvgIpc) is 2.72. The molecule has 0 spiro atoms. The molecule has 0 amide bonds. The van der Waals surface area contributed by atoms with Crippen LogP contribution in [0.5, 0.6) is 0 Å². The molecule has 0 fully saturated rings. The molecule has 0 saturated heterocycles. The van der Waals surface area contributed by atoms with Crippen molar-refractivity contribution in [2.45, 2.75) is 17.8 Å². The summed E-state index contributed by atoms with van der Waals surface area (Å²) in [4.78, 5) is 8.32. The van der Waals surface area contributed by atoms with E-state index in [1.165, 1.54) is 11.8 Å². The van der Waals surface area contributed by atoms with Crippen molar-refractivity contribution in [3.8, 4) is 0 Å². The van der Waals surface area contributed by atoms with Crippen LogP contribution in [0.4, 0.5) is 5.95 Å². The van der Waals surface area contributed by atoms with Crippen molar-refractivity contribution in [1.29, 1.82) is 0 Å². The Morgan fingerprint density at radius 3 is 3.00 bits per heavy atom. The van der Waals surface area contributed by atoms with E-state index in [0.717, 1.165) is 16.5 Å². The van der Waals surface area contributed by atoms with Gasteiger partial charge in [-0.1, -0.05) is 11.8 Å². The number of anilines is 1. The Balaban J connectivity index is 1.94. The lowest BCUT2D eigenvalue weighted by Gasteiger charge is -1.90. The molecule has 0 aromatic carbocycles. The summed E-state index contributed by atoms with van der Waals surface area (Å²) < 4.78 is 0. The van der Waals surface area contributed by atoms with Crippen LogP contribution in [0.2, 0.25) is 0 Å². The van der Waals surface area contributed by atoms with Crippen LogP contribution in [-0.2, 0) is 5.75 Å². The predicted octanol–water partition coefficient (Wildman–Crippen LogP) is 1.44. The lowest BCUT2D eigenvalue weighted by atomic mass is 10.6. The Morgan fingerprint density at radius 2 is 2.43 bits per heavy atom. The zero-order valence-corrected chi connectivity index (χ0v) is 9.15. The lowest BCUT2D eigenvalue weighted by molar-refractivity contribution is 0.972. The topological polar surface area (TPSA) is 80.5 Å². The van der Waals surface area contributed by atoms with E-state index >= 15 is 0 Å². The van der Waals surface area contributed by atoms with Crippen molar-refractivity contribution in [1.82, 2.24) is 20.2 Å². The molecule has 7 heteroatoms. The van der Waals surface area contributed by atoms with E-state index in [1.54, 1.807) is 11.3 Å². The van der Waals surface area contributed by atoms with E-state index in [0.29, 0.717) is 11.1 Å². The number of thiazole rings is 1. The second-order valence-electron chi connectivity index (χ2n) is 2.67. The van der Waals surface area contributed by atoms with Gasteiger partial charge in [-0.2, -0.15) is 4.98 Å². The Labute approximate surface area is 89.2 Å².